The van der Waals surface area contributed by atoms with Gasteiger partial charge in [-0.15, -0.1) is 0 Å². The maximum absolute atomic E-state index is 11.6. The van der Waals surface area contributed by atoms with Crippen LogP contribution in [0.5, 0.6) is 0 Å². The molecule has 0 aliphatic carbocycles. The van der Waals surface area contributed by atoms with Gasteiger partial charge in [0.1, 0.15) is 0 Å². The van der Waals surface area contributed by atoms with Crippen LogP contribution in [0.3, 0.4) is 0 Å². The highest BCUT2D eigenvalue weighted by atomic mass is 79.9. The SMILES string of the molecule is COC(=O)c1cnc2c(Br)c(C)ccc2c1N=[N+]=[N-]. The van der Waals surface area contributed by atoms with Crippen molar-refractivity contribution in [3.63, 3.8) is 0 Å². The summed E-state index contributed by atoms with van der Waals surface area (Å²) in [5, 5.41) is 4.19. The highest BCUT2D eigenvalue weighted by Crippen LogP contribution is 2.34. The summed E-state index contributed by atoms with van der Waals surface area (Å²) < 4.78 is 5.45. The van der Waals surface area contributed by atoms with E-state index in [1.54, 1.807) is 6.07 Å². The van der Waals surface area contributed by atoms with E-state index < -0.39 is 5.97 Å². The third-order valence-electron chi connectivity index (χ3n) is 2.69. The van der Waals surface area contributed by atoms with Gasteiger partial charge in [0.15, 0.2) is 0 Å². The quantitative estimate of drug-likeness (QED) is 0.362. The summed E-state index contributed by atoms with van der Waals surface area (Å²) in [6.07, 6.45) is 1.35. The molecule has 19 heavy (non-hydrogen) atoms. The lowest BCUT2D eigenvalue weighted by atomic mass is 10.1. The molecule has 0 spiro atoms. The number of methoxy groups -OCH3 is 1. The van der Waals surface area contributed by atoms with Crippen LogP contribution in [0.25, 0.3) is 21.3 Å². The molecule has 0 saturated carbocycles. The van der Waals surface area contributed by atoms with E-state index >= 15 is 0 Å². The minimum absolute atomic E-state index is 0.142. The van der Waals surface area contributed by atoms with Crippen molar-refractivity contribution in [1.29, 1.82) is 0 Å². The highest BCUT2D eigenvalue weighted by molar-refractivity contribution is 9.10. The molecular weight excluding hydrogens is 312 g/mol. The van der Waals surface area contributed by atoms with Crippen molar-refractivity contribution in [3.05, 3.63) is 44.4 Å². The van der Waals surface area contributed by atoms with Crippen LogP contribution in [0.15, 0.2) is 27.9 Å². The molecule has 96 valence electrons. The molecule has 1 heterocycles. The number of hydrogen-bond acceptors (Lipinski definition) is 4. The molecule has 7 heteroatoms. The number of carbonyl (C=O) groups excluding carboxylic acids is 1. The Morgan fingerprint density at radius 2 is 2.26 bits per heavy atom. The Labute approximate surface area is 117 Å². The van der Waals surface area contributed by atoms with Crippen LogP contribution in [0.2, 0.25) is 0 Å². The molecule has 0 aliphatic heterocycles. The van der Waals surface area contributed by atoms with Crippen molar-refractivity contribution in [2.75, 3.05) is 7.11 Å². The summed E-state index contributed by atoms with van der Waals surface area (Å²) in [4.78, 5) is 18.6. The van der Waals surface area contributed by atoms with Gasteiger partial charge in [-0.05, 0) is 33.9 Å². The molecule has 0 atom stereocenters. The summed E-state index contributed by atoms with van der Waals surface area (Å²) in [6.45, 7) is 1.92. The zero-order valence-electron chi connectivity index (χ0n) is 10.2. The van der Waals surface area contributed by atoms with Crippen molar-refractivity contribution in [2.24, 2.45) is 5.11 Å². The lowest BCUT2D eigenvalue weighted by Crippen LogP contribution is -2.03. The molecule has 0 amide bonds. The van der Waals surface area contributed by atoms with Gasteiger partial charge in [-0.1, -0.05) is 17.2 Å². The van der Waals surface area contributed by atoms with Gasteiger partial charge in [-0.2, -0.15) is 0 Å². The van der Waals surface area contributed by atoms with Crippen molar-refractivity contribution < 1.29 is 9.53 Å². The first-order valence-electron chi connectivity index (χ1n) is 5.31. The lowest BCUT2D eigenvalue weighted by molar-refractivity contribution is 0.0601. The van der Waals surface area contributed by atoms with Crippen LogP contribution in [0, 0.1) is 6.92 Å². The van der Waals surface area contributed by atoms with Crippen LogP contribution in [0.1, 0.15) is 15.9 Å². The zero-order chi connectivity index (χ0) is 14.0. The number of esters is 1. The summed E-state index contributed by atoms with van der Waals surface area (Å²) in [5.41, 5.74) is 10.7. The zero-order valence-corrected chi connectivity index (χ0v) is 11.8. The number of aromatic nitrogens is 1. The van der Waals surface area contributed by atoms with E-state index in [0.717, 1.165) is 10.0 Å². The highest BCUT2D eigenvalue weighted by Gasteiger charge is 2.16. The van der Waals surface area contributed by atoms with Gasteiger partial charge < -0.3 is 4.74 Å². The number of pyridine rings is 1. The molecule has 2 aromatic rings. The molecule has 1 aromatic carbocycles. The maximum atomic E-state index is 11.6. The van der Waals surface area contributed by atoms with E-state index in [4.69, 9.17) is 5.53 Å². The molecule has 0 fully saturated rings. The van der Waals surface area contributed by atoms with Gasteiger partial charge in [0.2, 0.25) is 0 Å². The van der Waals surface area contributed by atoms with E-state index in [-0.39, 0.29) is 11.3 Å². The molecule has 0 bridgehead atoms. The molecule has 0 aliphatic rings. The Kier molecular flexibility index (Phi) is 3.69. The molecular formula is C12H9BrN4O2. The number of rotatable bonds is 2. The number of hydrogen-bond donors (Lipinski definition) is 0. The maximum Gasteiger partial charge on any atom is 0.339 e. The summed E-state index contributed by atoms with van der Waals surface area (Å²) >= 11 is 3.43. The fourth-order valence-corrected chi connectivity index (χ4v) is 2.18. The first-order chi connectivity index (χ1) is 9.10. The monoisotopic (exact) mass is 320 g/mol. The van der Waals surface area contributed by atoms with E-state index in [1.165, 1.54) is 13.3 Å². The third-order valence-corrected chi connectivity index (χ3v) is 3.69. The Hall–Kier alpha value is -2.11. The fourth-order valence-electron chi connectivity index (χ4n) is 1.73. The molecule has 0 saturated heterocycles. The van der Waals surface area contributed by atoms with Crippen LogP contribution >= 0.6 is 15.9 Å². The number of fused-ring (bicyclic) bond motifs is 1. The minimum atomic E-state index is -0.589. The Morgan fingerprint density at radius 3 is 2.89 bits per heavy atom. The van der Waals surface area contributed by atoms with Gasteiger partial charge in [0.05, 0.1) is 23.9 Å². The number of nitrogens with zero attached hydrogens (tertiary/aromatic N) is 4. The molecule has 1 aromatic heterocycles. The molecule has 0 radical (unpaired) electrons. The van der Waals surface area contributed by atoms with Crippen molar-refractivity contribution in [1.82, 2.24) is 4.98 Å². The molecule has 0 unspecified atom stereocenters. The molecule has 2 rings (SSSR count). The van der Waals surface area contributed by atoms with Gasteiger partial charge >= 0.3 is 5.97 Å². The number of aryl methyl sites for hydroxylation is 1. The second-order valence-corrected chi connectivity index (χ2v) is 4.59. The average molecular weight is 321 g/mol. The summed E-state index contributed by atoms with van der Waals surface area (Å²) in [5.74, 6) is -0.589. The average Bonchev–Trinajstić information content (AvgIpc) is 2.42. The standard InChI is InChI=1S/C12H9BrN4O2/c1-6-3-4-7-10(16-17-14)8(12(18)19-2)5-15-11(7)9(6)13/h3-5H,1-2H3. The van der Waals surface area contributed by atoms with Crippen molar-refractivity contribution >= 4 is 38.5 Å². The fraction of sp³-hybridized carbons (Fsp3) is 0.167. The number of azide groups is 1. The van der Waals surface area contributed by atoms with E-state index in [0.29, 0.717) is 10.9 Å². The first kappa shape index (κ1) is 13.3. The van der Waals surface area contributed by atoms with Crippen molar-refractivity contribution in [3.8, 4) is 0 Å². The minimum Gasteiger partial charge on any atom is -0.465 e. The Balaban J connectivity index is 2.89. The summed E-state index contributed by atoms with van der Waals surface area (Å²) in [7, 11) is 1.26. The van der Waals surface area contributed by atoms with Crippen LogP contribution in [0.4, 0.5) is 5.69 Å². The first-order valence-corrected chi connectivity index (χ1v) is 6.10. The van der Waals surface area contributed by atoms with Crippen LogP contribution in [-0.4, -0.2) is 18.1 Å². The van der Waals surface area contributed by atoms with Crippen LogP contribution in [-0.2, 0) is 4.74 Å². The van der Waals surface area contributed by atoms with Gasteiger partial charge in [0.25, 0.3) is 0 Å². The van der Waals surface area contributed by atoms with Gasteiger partial charge in [0, 0.05) is 21.0 Å². The number of ether oxygens (including phenoxy) is 1. The Morgan fingerprint density at radius 1 is 1.53 bits per heavy atom. The second-order valence-electron chi connectivity index (χ2n) is 3.79. The smallest absolute Gasteiger partial charge is 0.339 e. The number of carbonyl (C=O) groups is 1. The van der Waals surface area contributed by atoms with E-state index in [2.05, 4.69) is 35.7 Å². The largest absolute Gasteiger partial charge is 0.465 e. The third kappa shape index (κ3) is 2.25. The van der Waals surface area contributed by atoms with Gasteiger partial charge in [-0.3, -0.25) is 4.98 Å². The summed E-state index contributed by atoms with van der Waals surface area (Å²) in [6, 6.07) is 3.62. The van der Waals surface area contributed by atoms with Gasteiger partial charge in [-0.25, -0.2) is 4.79 Å². The normalized spacial score (nSPS) is 10.1. The predicted molar refractivity (Wildman–Crippen MR) is 74.3 cm³/mol. The number of halogens is 1. The Bertz CT molecular complexity index is 723. The lowest BCUT2D eigenvalue weighted by Gasteiger charge is -2.09. The second kappa shape index (κ2) is 5.26. The van der Waals surface area contributed by atoms with Crippen LogP contribution < -0.4 is 0 Å². The molecule has 6 nitrogen and oxygen atoms in total. The molecule has 0 N–H and O–H groups in total. The number of benzene rings is 1. The van der Waals surface area contributed by atoms with Crippen molar-refractivity contribution in [2.45, 2.75) is 6.92 Å². The van der Waals surface area contributed by atoms with E-state index in [9.17, 15) is 4.79 Å². The van der Waals surface area contributed by atoms with E-state index in [1.807, 2.05) is 13.0 Å². The predicted octanol–water partition coefficient (Wildman–Crippen LogP) is 4.03. The topological polar surface area (TPSA) is 88.0 Å².